The van der Waals surface area contributed by atoms with Crippen LogP contribution >= 0.6 is 15.9 Å². The molecule has 2 aromatic carbocycles. The number of imide groups is 1. The summed E-state index contributed by atoms with van der Waals surface area (Å²) in [5, 5.41) is 2.72. The minimum absolute atomic E-state index is 0.328. The normalized spacial score (nSPS) is 17.0. The van der Waals surface area contributed by atoms with E-state index in [1.54, 1.807) is 37.3 Å². The smallest absolute Gasteiger partial charge is 0.323 e. The van der Waals surface area contributed by atoms with Gasteiger partial charge in [0.1, 0.15) is 12.6 Å². The fourth-order valence-electron chi connectivity index (χ4n) is 2.85. The van der Waals surface area contributed by atoms with E-state index in [0.717, 1.165) is 14.9 Å². The van der Waals surface area contributed by atoms with Gasteiger partial charge in [-0.15, -0.1) is 0 Å². The number of hydrogen-bond acceptors (Lipinski definition) is 3. The first kappa shape index (κ1) is 18.1. The van der Waals surface area contributed by atoms with Gasteiger partial charge >= 0.3 is 6.03 Å². The molecule has 1 aliphatic heterocycles. The standard InChI is InChI=1S/C19H18BrN3O3/c1-12-8-9-16(15(20)10-12)21-17(24)11-22-18(25)13(2)23(19(22)26)14-6-4-3-5-7-14/h3-10,13H,11H2,1-2H3,(H,21,24). The van der Waals surface area contributed by atoms with Crippen molar-refractivity contribution in [3.63, 3.8) is 0 Å². The van der Waals surface area contributed by atoms with Crippen LogP contribution < -0.4 is 10.2 Å². The highest BCUT2D eigenvalue weighted by Gasteiger charge is 2.43. The fraction of sp³-hybridized carbons (Fsp3) is 0.211. The lowest BCUT2D eigenvalue weighted by Crippen LogP contribution is -2.39. The molecule has 1 atom stereocenters. The van der Waals surface area contributed by atoms with E-state index in [-0.39, 0.29) is 6.54 Å². The van der Waals surface area contributed by atoms with Crippen LogP contribution in [0.4, 0.5) is 16.2 Å². The first-order valence-electron chi connectivity index (χ1n) is 8.14. The predicted molar refractivity (Wildman–Crippen MR) is 103 cm³/mol. The molecule has 1 saturated heterocycles. The van der Waals surface area contributed by atoms with Gasteiger partial charge in [0.15, 0.2) is 0 Å². The van der Waals surface area contributed by atoms with Gasteiger partial charge in [0, 0.05) is 10.2 Å². The summed E-state index contributed by atoms with van der Waals surface area (Å²) in [6.07, 6.45) is 0. The number of urea groups is 1. The monoisotopic (exact) mass is 415 g/mol. The van der Waals surface area contributed by atoms with Crippen molar-refractivity contribution in [3.8, 4) is 0 Å². The van der Waals surface area contributed by atoms with Crippen molar-refractivity contribution in [1.82, 2.24) is 4.90 Å². The van der Waals surface area contributed by atoms with Crippen molar-refractivity contribution in [2.24, 2.45) is 0 Å². The van der Waals surface area contributed by atoms with E-state index in [9.17, 15) is 14.4 Å². The summed E-state index contributed by atoms with van der Waals surface area (Å²) >= 11 is 3.39. The van der Waals surface area contributed by atoms with Crippen molar-refractivity contribution in [2.75, 3.05) is 16.8 Å². The summed E-state index contributed by atoms with van der Waals surface area (Å²) in [5.41, 5.74) is 2.27. The molecule has 0 radical (unpaired) electrons. The van der Waals surface area contributed by atoms with Crippen LogP contribution in [0.15, 0.2) is 53.0 Å². The van der Waals surface area contributed by atoms with Gasteiger partial charge in [-0.25, -0.2) is 4.79 Å². The second-order valence-electron chi connectivity index (χ2n) is 6.12. The zero-order valence-electron chi connectivity index (χ0n) is 14.4. The molecule has 1 heterocycles. The first-order valence-corrected chi connectivity index (χ1v) is 8.93. The molecular formula is C19H18BrN3O3. The van der Waals surface area contributed by atoms with Gasteiger partial charge in [0.25, 0.3) is 5.91 Å². The van der Waals surface area contributed by atoms with Gasteiger partial charge in [0.05, 0.1) is 5.69 Å². The SMILES string of the molecule is Cc1ccc(NC(=O)CN2C(=O)C(C)N(c3ccccc3)C2=O)c(Br)c1. The average Bonchev–Trinajstić information content (AvgIpc) is 2.82. The third-order valence-corrected chi connectivity index (χ3v) is 4.84. The van der Waals surface area contributed by atoms with Crippen LogP contribution in [-0.4, -0.2) is 35.3 Å². The zero-order chi connectivity index (χ0) is 18.8. The summed E-state index contributed by atoms with van der Waals surface area (Å²) in [4.78, 5) is 39.9. The van der Waals surface area contributed by atoms with E-state index in [0.29, 0.717) is 11.4 Å². The first-order chi connectivity index (χ1) is 12.4. The summed E-state index contributed by atoms with van der Waals surface area (Å²) in [5.74, 6) is -0.824. The second kappa shape index (κ2) is 7.29. The Hall–Kier alpha value is -2.67. The van der Waals surface area contributed by atoms with Crippen LogP contribution in [0.5, 0.6) is 0 Å². The number of para-hydroxylation sites is 1. The van der Waals surface area contributed by atoms with Crippen LogP contribution in [0, 0.1) is 6.92 Å². The molecule has 4 amide bonds. The Bertz CT molecular complexity index is 870. The Morgan fingerprint density at radius 1 is 1.15 bits per heavy atom. The van der Waals surface area contributed by atoms with Gasteiger partial charge in [0.2, 0.25) is 5.91 Å². The molecule has 1 N–H and O–H groups in total. The molecular weight excluding hydrogens is 398 g/mol. The number of benzene rings is 2. The number of nitrogens with zero attached hydrogens (tertiary/aromatic N) is 2. The predicted octanol–water partition coefficient (Wildman–Crippen LogP) is 3.55. The van der Waals surface area contributed by atoms with Crippen molar-refractivity contribution in [1.29, 1.82) is 0 Å². The minimum atomic E-state index is -0.649. The molecule has 0 aromatic heterocycles. The number of amides is 4. The maximum absolute atomic E-state index is 12.7. The largest absolute Gasteiger partial charge is 0.332 e. The van der Waals surface area contributed by atoms with Crippen molar-refractivity contribution >= 4 is 45.2 Å². The van der Waals surface area contributed by atoms with Gasteiger partial charge in [-0.1, -0.05) is 24.3 Å². The van der Waals surface area contributed by atoms with E-state index in [1.807, 2.05) is 25.1 Å². The highest BCUT2D eigenvalue weighted by Crippen LogP contribution is 2.26. The molecule has 0 spiro atoms. The fourth-order valence-corrected chi connectivity index (χ4v) is 3.44. The topological polar surface area (TPSA) is 69.7 Å². The molecule has 1 unspecified atom stereocenters. The number of hydrogen-bond donors (Lipinski definition) is 1. The van der Waals surface area contributed by atoms with Gasteiger partial charge in [-0.3, -0.25) is 19.4 Å². The van der Waals surface area contributed by atoms with Crippen LogP contribution in [0.3, 0.4) is 0 Å². The van der Waals surface area contributed by atoms with Crippen LogP contribution in [0.25, 0.3) is 0 Å². The van der Waals surface area contributed by atoms with Crippen molar-refractivity contribution in [3.05, 3.63) is 58.6 Å². The Balaban J connectivity index is 1.74. The maximum Gasteiger partial charge on any atom is 0.332 e. The summed E-state index contributed by atoms with van der Waals surface area (Å²) < 4.78 is 0.740. The molecule has 26 heavy (non-hydrogen) atoms. The lowest BCUT2D eigenvalue weighted by atomic mass is 10.2. The molecule has 0 saturated carbocycles. The van der Waals surface area contributed by atoms with E-state index < -0.39 is 23.9 Å². The quantitative estimate of drug-likeness (QED) is 0.776. The zero-order valence-corrected chi connectivity index (χ0v) is 16.0. The van der Waals surface area contributed by atoms with Crippen molar-refractivity contribution < 1.29 is 14.4 Å². The lowest BCUT2D eigenvalue weighted by molar-refractivity contribution is -0.130. The second-order valence-corrected chi connectivity index (χ2v) is 6.97. The molecule has 0 aliphatic carbocycles. The van der Waals surface area contributed by atoms with E-state index in [1.165, 1.54) is 4.90 Å². The van der Waals surface area contributed by atoms with E-state index >= 15 is 0 Å². The summed E-state index contributed by atoms with van der Waals surface area (Å²) in [7, 11) is 0. The number of nitrogens with one attached hydrogen (secondary N) is 1. The third-order valence-electron chi connectivity index (χ3n) is 4.18. The number of anilines is 2. The molecule has 0 bridgehead atoms. The number of carbonyl (C=O) groups is 3. The maximum atomic E-state index is 12.7. The molecule has 1 fully saturated rings. The Morgan fingerprint density at radius 3 is 2.50 bits per heavy atom. The van der Waals surface area contributed by atoms with Gasteiger partial charge in [-0.05, 0) is 59.6 Å². The van der Waals surface area contributed by atoms with Gasteiger partial charge in [-0.2, -0.15) is 0 Å². The van der Waals surface area contributed by atoms with Gasteiger partial charge < -0.3 is 5.32 Å². The molecule has 2 aromatic rings. The Morgan fingerprint density at radius 2 is 1.85 bits per heavy atom. The van der Waals surface area contributed by atoms with Crippen LogP contribution in [0.1, 0.15) is 12.5 Å². The third kappa shape index (κ3) is 3.48. The molecule has 1 aliphatic rings. The summed E-state index contributed by atoms with van der Waals surface area (Å²) in [6.45, 7) is 3.27. The Labute approximate surface area is 159 Å². The summed E-state index contributed by atoms with van der Waals surface area (Å²) in [6, 6.07) is 13.3. The number of carbonyl (C=O) groups excluding carboxylic acids is 3. The van der Waals surface area contributed by atoms with E-state index in [2.05, 4.69) is 21.2 Å². The average molecular weight is 416 g/mol. The highest BCUT2D eigenvalue weighted by atomic mass is 79.9. The number of aryl methyl sites for hydroxylation is 1. The molecule has 134 valence electrons. The van der Waals surface area contributed by atoms with Crippen molar-refractivity contribution in [2.45, 2.75) is 19.9 Å². The van der Waals surface area contributed by atoms with E-state index in [4.69, 9.17) is 0 Å². The molecule has 6 nitrogen and oxygen atoms in total. The highest BCUT2D eigenvalue weighted by molar-refractivity contribution is 9.10. The number of rotatable bonds is 4. The number of halogens is 1. The lowest BCUT2D eigenvalue weighted by Gasteiger charge is -2.19. The van der Waals surface area contributed by atoms with Crippen LogP contribution in [0.2, 0.25) is 0 Å². The minimum Gasteiger partial charge on any atom is -0.323 e. The molecule has 7 heteroatoms. The molecule has 3 rings (SSSR count). The Kier molecular flexibility index (Phi) is 5.08. The van der Waals surface area contributed by atoms with Crippen LogP contribution in [-0.2, 0) is 9.59 Å².